The summed E-state index contributed by atoms with van der Waals surface area (Å²) in [7, 11) is 0. The van der Waals surface area contributed by atoms with Crippen molar-refractivity contribution < 1.29 is 9.59 Å². The molecule has 0 saturated heterocycles. The van der Waals surface area contributed by atoms with E-state index in [0.29, 0.717) is 33.0 Å². The number of carbonyl (C=O) groups excluding carboxylic acids is 2. The normalized spacial score (nSPS) is 12.1. The Hall–Kier alpha value is -2.84. The third-order valence-electron chi connectivity index (χ3n) is 5.34. The molecule has 38 heavy (non-hydrogen) atoms. The van der Waals surface area contributed by atoms with Crippen LogP contribution in [0.1, 0.15) is 38.0 Å². The Labute approximate surface area is 241 Å². The van der Waals surface area contributed by atoms with E-state index in [1.165, 1.54) is 23.1 Å². The summed E-state index contributed by atoms with van der Waals surface area (Å²) in [5, 5.41) is 8.75. The molecule has 4 rings (SSSR count). The van der Waals surface area contributed by atoms with Gasteiger partial charge in [0, 0.05) is 33.0 Å². The van der Waals surface area contributed by atoms with Gasteiger partial charge in [0.2, 0.25) is 11.8 Å². The Balaban J connectivity index is 1.52. The summed E-state index contributed by atoms with van der Waals surface area (Å²) in [6, 6.07) is 22.3. The molecule has 1 aromatic heterocycles. The third kappa shape index (κ3) is 7.84. The number of hydrogen-bond acceptors (Lipinski definition) is 5. The van der Waals surface area contributed by atoms with Gasteiger partial charge in [0.15, 0.2) is 5.13 Å². The van der Waals surface area contributed by atoms with Crippen molar-refractivity contribution in [1.82, 2.24) is 4.98 Å². The number of carbonyl (C=O) groups is 2. The van der Waals surface area contributed by atoms with Crippen LogP contribution in [0.15, 0.2) is 83.1 Å². The molecule has 9 heteroatoms. The Morgan fingerprint density at radius 3 is 2.45 bits per heavy atom. The van der Waals surface area contributed by atoms with E-state index in [2.05, 4.69) is 15.6 Å². The fourth-order valence-corrected chi connectivity index (χ4v) is 6.00. The number of benzene rings is 3. The predicted octanol–water partition coefficient (Wildman–Crippen LogP) is 8.96. The topological polar surface area (TPSA) is 71.1 Å². The second-order valence-electron chi connectivity index (χ2n) is 9.87. The van der Waals surface area contributed by atoms with E-state index in [4.69, 9.17) is 23.2 Å². The smallest absolute Gasteiger partial charge is 0.244 e. The number of amides is 2. The van der Waals surface area contributed by atoms with Crippen LogP contribution in [0.4, 0.5) is 10.8 Å². The number of nitrogens with zero attached hydrogens (tertiary/aromatic N) is 1. The molecule has 5 nitrogen and oxygen atoms in total. The van der Waals surface area contributed by atoms with Crippen molar-refractivity contribution in [2.75, 3.05) is 10.6 Å². The van der Waals surface area contributed by atoms with Crippen LogP contribution in [0.5, 0.6) is 0 Å². The predicted molar refractivity (Wildman–Crippen MR) is 160 cm³/mol. The lowest BCUT2D eigenvalue weighted by Gasteiger charge is -2.18. The van der Waals surface area contributed by atoms with Gasteiger partial charge in [-0.15, -0.1) is 23.1 Å². The standard InChI is InChI=1S/C29H27Cl2N3O2S2/c1-29(2,3)16-25(35)32-20-10-7-11-21(15-20)38-26(18-8-5-4-6-9-18)27(36)34-28-33-24(17-37-28)22-13-12-19(30)14-23(22)31/h4-15,17,26H,16H2,1-3H3,(H,32,35)(H,33,34,36). The number of halogens is 2. The molecule has 1 heterocycles. The van der Waals surface area contributed by atoms with Crippen molar-refractivity contribution in [2.45, 2.75) is 37.3 Å². The highest BCUT2D eigenvalue weighted by molar-refractivity contribution is 8.00. The van der Waals surface area contributed by atoms with Gasteiger partial charge in [-0.2, -0.15) is 0 Å². The number of anilines is 2. The van der Waals surface area contributed by atoms with Crippen molar-refractivity contribution in [3.8, 4) is 11.3 Å². The molecule has 0 radical (unpaired) electrons. The highest BCUT2D eigenvalue weighted by atomic mass is 35.5. The minimum atomic E-state index is -0.539. The molecule has 3 aromatic carbocycles. The summed E-state index contributed by atoms with van der Waals surface area (Å²) >= 11 is 15.1. The molecule has 0 bridgehead atoms. The molecule has 2 amide bonds. The van der Waals surface area contributed by atoms with E-state index < -0.39 is 5.25 Å². The fourth-order valence-electron chi connectivity index (χ4n) is 3.69. The van der Waals surface area contributed by atoms with Crippen LogP contribution in [-0.2, 0) is 9.59 Å². The summed E-state index contributed by atoms with van der Waals surface area (Å²) in [6.45, 7) is 6.08. The number of nitrogens with one attached hydrogen (secondary N) is 2. The van der Waals surface area contributed by atoms with Crippen LogP contribution in [0, 0.1) is 5.41 Å². The maximum Gasteiger partial charge on any atom is 0.244 e. The zero-order valence-corrected chi connectivity index (χ0v) is 24.3. The van der Waals surface area contributed by atoms with E-state index in [-0.39, 0.29) is 17.2 Å². The summed E-state index contributed by atoms with van der Waals surface area (Å²) in [6.07, 6.45) is 0.413. The fraction of sp³-hybridized carbons (Fsp3) is 0.207. The number of rotatable bonds is 8. The number of thiazole rings is 1. The van der Waals surface area contributed by atoms with E-state index in [1.54, 1.807) is 18.2 Å². The Morgan fingerprint density at radius 2 is 1.74 bits per heavy atom. The number of hydrogen-bond donors (Lipinski definition) is 2. The van der Waals surface area contributed by atoms with Crippen molar-refractivity contribution in [3.05, 3.63) is 93.8 Å². The lowest BCUT2D eigenvalue weighted by atomic mass is 9.92. The molecular weight excluding hydrogens is 557 g/mol. The summed E-state index contributed by atoms with van der Waals surface area (Å²) < 4.78 is 0. The van der Waals surface area contributed by atoms with Gasteiger partial charge in [-0.25, -0.2) is 4.98 Å². The molecular formula is C29H27Cl2N3O2S2. The largest absolute Gasteiger partial charge is 0.326 e. The number of thioether (sulfide) groups is 1. The SMILES string of the molecule is CC(C)(C)CC(=O)Nc1cccc(SC(C(=O)Nc2nc(-c3ccc(Cl)cc3Cl)cs2)c2ccccc2)c1. The van der Waals surface area contributed by atoms with Gasteiger partial charge in [0.05, 0.1) is 10.7 Å². The first-order valence-corrected chi connectivity index (χ1v) is 14.4. The first-order chi connectivity index (χ1) is 18.1. The maximum atomic E-state index is 13.5. The summed E-state index contributed by atoms with van der Waals surface area (Å²) in [5.41, 5.74) is 2.85. The average Bonchev–Trinajstić information content (AvgIpc) is 3.30. The van der Waals surface area contributed by atoms with Crippen LogP contribution in [-0.4, -0.2) is 16.8 Å². The van der Waals surface area contributed by atoms with Gasteiger partial charge in [-0.1, -0.05) is 80.4 Å². The molecule has 0 aliphatic carbocycles. The van der Waals surface area contributed by atoms with Gasteiger partial charge in [-0.3, -0.25) is 9.59 Å². The van der Waals surface area contributed by atoms with Crippen LogP contribution >= 0.6 is 46.3 Å². The lowest BCUT2D eigenvalue weighted by molar-refractivity contribution is -0.118. The molecule has 0 spiro atoms. The first kappa shape index (κ1) is 28.2. The molecule has 4 aromatic rings. The zero-order chi connectivity index (χ0) is 27.3. The number of aromatic nitrogens is 1. The second-order valence-corrected chi connectivity index (χ2v) is 12.8. The first-order valence-electron chi connectivity index (χ1n) is 11.9. The third-order valence-corrected chi connectivity index (χ3v) is 7.90. The second kappa shape index (κ2) is 12.3. The van der Waals surface area contributed by atoms with Crippen LogP contribution in [0.25, 0.3) is 11.3 Å². The molecule has 0 fully saturated rings. The van der Waals surface area contributed by atoms with E-state index in [1.807, 2.05) is 80.7 Å². The van der Waals surface area contributed by atoms with Crippen molar-refractivity contribution >= 4 is 68.9 Å². The zero-order valence-electron chi connectivity index (χ0n) is 21.1. The average molecular weight is 585 g/mol. The van der Waals surface area contributed by atoms with E-state index >= 15 is 0 Å². The maximum absolute atomic E-state index is 13.5. The molecule has 0 aliphatic heterocycles. The van der Waals surface area contributed by atoms with E-state index in [9.17, 15) is 9.59 Å². The monoisotopic (exact) mass is 583 g/mol. The lowest BCUT2D eigenvalue weighted by Crippen LogP contribution is -2.20. The van der Waals surface area contributed by atoms with E-state index in [0.717, 1.165) is 16.0 Å². The van der Waals surface area contributed by atoms with Crippen LogP contribution < -0.4 is 10.6 Å². The van der Waals surface area contributed by atoms with Gasteiger partial charge < -0.3 is 10.6 Å². The molecule has 196 valence electrons. The minimum Gasteiger partial charge on any atom is -0.326 e. The van der Waals surface area contributed by atoms with Crippen molar-refractivity contribution in [2.24, 2.45) is 5.41 Å². The Kier molecular flexibility index (Phi) is 9.15. The molecule has 1 unspecified atom stereocenters. The van der Waals surface area contributed by atoms with Gasteiger partial charge >= 0.3 is 0 Å². The van der Waals surface area contributed by atoms with Gasteiger partial charge in [0.1, 0.15) is 5.25 Å². The van der Waals surface area contributed by atoms with Gasteiger partial charge in [-0.05, 0) is 47.4 Å². The molecule has 2 N–H and O–H groups in total. The van der Waals surface area contributed by atoms with Crippen molar-refractivity contribution in [1.29, 1.82) is 0 Å². The Morgan fingerprint density at radius 1 is 0.974 bits per heavy atom. The molecule has 0 saturated carbocycles. The summed E-state index contributed by atoms with van der Waals surface area (Å²) in [5.74, 6) is -0.246. The highest BCUT2D eigenvalue weighted by Crippen LogP contribution is 2.38. The van der Waals surface area contributed by atoms with Gasteiger partial charge in [0.25, 0.3) is 0 Å². The van der Waals surface area contributed by atoms with Crippen LogP contribution in [0.3, 0.4) is 0 Å². The summed E-state index contributed by atoms with van der Waals surface area (Å²) in [4.78, 5) is 31.4. The highest BCUT2D eigenvalue weighted by Gasteiger charge is 2.24. The molecule has 0 aliphatic rings. The van der Waals surface area contributed by atoms with Crippen molar-refractivity contribution in [3.63, 3.8) is 0 Å². The van der Waals surface area contributed by atoms with Crippen LogP contribution in [0.2, 0.25) is 10.0 Å². The quantitative estimate of drug-likeness (QED) is 0.203. The minimum absolute atomic E-state index is 0.0441. The Bertz CT molecular complexity index is 1440. The molecule has 1 atom stereocenters.